The van der Waals surface area contributed by atoms with Crippen molar-refractivity contribution in [1.82, 2.24) is 0 Å². The Bertz CT molecular complexity index is 257. The molecule has 0 fully saturated rings. The van der Waals surface area contributed by atoms with Gasteiger partial charge in [0.15, 0.2) is 0 Å². The first kappa shape index (κ1) is 14.5. The Labute approximate surface area is 95.9 Å². The van der Waals surface area contributed by atoms with Gasteiger partial charge >= 0.3 is 5.97 Å². The number of allylic oxidation sites excluding steroid dienone is 1. The number of ether oxygens (including phenoxy) is 2. The minimum Gasteiger partial charge on any atom is -0.493 e. The van der Waals surface area contributed by atoms with Crippen molar-refractivity contribution >= 4 is 5.97 Å². The van der Waals surface area contributed by atoms with Gasteiger partial charge in [0.1, 0.15) is 12.4 Å². The van der Waals surface area contributed by atoms with E-state index in [0.717, 1.165) is 6.08 Å². The van der Waals surface area contributed by atoms with Crippen LogP contribution in [0.5, 0.6) is 0 Å². The molecule has 0 rings (SSSR count). The lowest BCUT2D eigenvalue weighted by Crippen LogP contribution is -2.33. The SMILES string of the molecule is C=CC(=C)OCC(C)(CO)COC(=O)C=C. The summed E-state index contributed by atoms with van der Waals surface area (Å²) in [4.78, 5) is 10.9. The number of aliphatic hydroxyl groups excluding tert-OH is 1. The molecule has 0 aliphatic heterocycles. The third-order valence-corrected chi connectivity index (χ3v) is 1.94. The molecular formula is C12H18O4. The van der Waals surface area contributed by atoms with E-state index in [0.29, 0.717) is 5.76 Å². The molecule has 0 aliphatic rings. The summed E-state index contributed by atoms with van der Waals surface area (Å²) in [7, 11) is 0. The fraction of sp³-hybridized carbons (Fsp3) is 0.417. The van der Waals surface area contributed by atoms with E-state index in [1.165, 1.54) is 6.08 Å². The Balaban J connectivity index is 4.19. The second kappa shape index (κ2) is 6.85. The highest BCUT2D eigenvalue weighted by Crippen LogP contribution is 2.18. The molecule has 0 radical (unpaired) electrons. The Morgan fingerprint density at radius 3 is 2.31 bits per heavy atom. The standard InChI is InChI=1S/C12H18O4/c1-5-10(3)15-8-12(4,7-13)9-16-11(14)6-2/h5-6,13H,1-3,7-9H2,4H3. The highest BCUT2D eigenvalue weighted by atomic mass is 16.5. The molecule has 0 saturated heterocycles. The fourth-order valence-corrected chi connectivity index (χ4v) is 0.763. The van der Waals surface area contributed by atoms with Crippen molar-refractivity contribution in [2.24, 2.45) is 5.41 Å². The molecule has 4 nitrogen and oxygen atoms in total. The van der Waals surface area contributed by atoms with Gasteiger partial charge < -0.3 is 14.6 Å². The molecule has 16 heavy (non-hydrogen) atoms. The topological polar surface area (TPSA) is 55.8 Å². The summed E-state index contributed by atoms with van der Waals surface area (Å²) in [6.07, 6.45) is 2.54. The molecule has 1 N–H and O–H groups in total. The van der Waals surface area contributed by atoms with E-state index in [1.807, 2.05) is 0 Å². The van der Waals surface area contributed by atoms with Gasteiger partial charge in [-0.25, -0.2) is 4.79 Å². The molecule has 0 amide bonds. The van der Waals surface area contributed by atoms with Crippen LogP contribution in [-0.2, 0) is 14.3 Å². The second-order valence-electron chi connectivity index (χ2n) is 3.74. The highest BCUT2D eigenvalue weighted by Gasteiger charge is 2.26. The summed E-state index contributed by atoms with van der Waals surface area (Å²) in [5.74, 6) is -0.114. The van der Waals surface area contributed by atoms with E-state index in [9.17, 15) is 9.90 Å². The molecule has 4 heteroatoms. The lowest BCUT2D eigenvalue weighted by atomic mass is 9.94. The van der Waals surface area contributed by atoms with Gasteiger partial charge in [0.2, 0.25) is 0 Å². The molecule has 0 bridgehead atoms. The van der Waals surface area contributed by atoms with Crippen molar-refractivity contribution in [1.29, 1.82) is 0 Å². The first-order chi connectivity index (χ1) is 7.47. The summed E-state index contributed by atoms with van der Waals surface area (Å²) in [6, 6.07) is 0. The average Bonchev–Trinajstić information content (AvgIpc) is 2.32. The lowest BCUT2D eigenvalue weighted by Gasteiger charge is -2.26. The van der Waals surface area contributed by atoms with Crippen LogP contribution in [0.2, 0.25) is 0 Å². The van der Waals surface area contributed by atoms with Crippen LogP contribution in [0.1, 0.15) is 6.92 Å². The molecule has 0 aromatic carbocycles. The van der Waals surface area contributed by atoms with E-state index >= 15 is 0 Å². The number of hydrogen-bond donors (Lipinski definition) is 1. The Kier molecular flexibility index (Phi) is 6.18. The smallest absolute Gasteiger partial charge is 0.330 e. The van der Waals surface area contributed by atoms with Crippen LogP contribution >= 0.6 is 0 Å². The van der Waals surface area contributed by atoms with Crippen LogP contribution in [0.25, 0.3) is 0 Å². The summed E-state index contributed by atoms with van der Waals surface area (Å²) in [5.41, 5.74) is -0.662. The van der Waals surface area contributed by atoms with Crippen LogP contribution in [0.15, 0.2) is 37.6 Å². The maximum atomic E-state index is 10.9. The molecule has 0 saturated carbocycles. The van der Waals surface area contributed by atoms with Crippen LogP contribution in [0.4, 0.5) is 0 Å². The minimum atomic E-state index is -0.662. The summed E-state index contributed by atoms with van der Waals surface area (Å²) in [5, 5.41) is 9.20. The molecule has 0 aromatic rings. The predicted octanol–water partition coefficient (Wildman–Crippen LogP) is 1.43. The first-order valence-corrected chi connectivity index (χ1v) is 4.81. The van der Waals surface area contributed by atoms with Crippen LogP contribution in [-0.4, -0.2) is 30.9 Å². The van der Waals surface area contributed by atoms with Crippen LogP contribution in [0.3, 0.4) is 0 Å². The van der Waals surface area contributed by atoms with Crippen molar-refractivity contribution in [2.75, 3.05) is 19.8 Å². The normalized spacial score (nSPS) is 13.4. The van der Waals surface area contributed by atoms with Crippen molar-refractivity contribution in [3.63, 3.8) is 0 Å². The van der Waals surface area contributed by atoms with Gasteiger partial charge in [-0.1, -0.05) is 26.7 Å². The molecule has 90 valence electrons. The van der Waals surface area contributed by atoms with Gasteiger partial charge in [0.25, 0.3) is 0 Å². The van der Waals surface area contributed by atoms with Crippen molar-refractivity contribution in [2.45, 2.75) is 6.92 Å². The summed E-state index contributed by atoms with van der Waals surface area (Å²) in [6.45, 7) is 12.2. The van der Waals surface area contributed by atoms with E-state index in [1.54, 1.807) is 6.92 Å². The molecule has 1 unspecified atom stereocenters. The lowest BCUT2D eigenvalue weighted by molar-refractivity contribution is -0.143. The quantitative estimate of drug-likeness (QED) is 0.294. The molecule has 0 aromatic heterocycles. The largest absolute Gasteiger partial charge is 0.493 e. The highest BCUT2D eigenvalue weighted by molar-refractivity contribution is 5.81. The maximum Gasteiger partial charge on any atom is 0.330 e. The van der Waals surface area contributed by atoms with Gasteiger partial charge in [0.05, 0.1) is 18.6 Å². The van der Waals surface area contributed by atoms with Gasteiger partial charge in [-0.15, -0.1) is 0 Å². The third-order valence-electron chi connectivity index (χ3n) is 1.94. The number of carbonyl (C=O) groups is 1. The van der Waals surface area contributed by atoms with Gasteiger partial charge in [-0.05, 0) is 6.08 Å². The van der Waals surface area contributed by atoms with Gasteiger partial charge in [-0.3, -0.25) is 0 Å². The fourth-order valence-electron chi connectivity index (χ4n) is 0.763. The average molecular weight is 226 g/mol. The number of esters is 1. The zero-order valence-corrected chi connectivity index (χ0v) is 9.57. The van der Waals surface area contributed by atoms with Crippen LogP contribution in [0, 0.1) is 5.41 Å². The number of hydrogen-bond acceptors (Lipinski definition) is 4. The van der Waals surface area contributed by atoms with E-state index in [2.05, 4.69) is 19.7 Å². The number of carbonyl (C=O) groups excluding carboxylic acids is 1. The Hall–Kier alpha value is -1.55. The zero-order valence-electron chi connectivity index (χ0n) is 9.57. The molecule has 0 spiro atoms. The summed E-state index contributed by atoms with van der Waals surface area (Å²) >= 11 is 0. The van der Waals surface area contributed by atoms with Crippen molar-refractivity contribution < 1.29 is 19.4 Å². The Morgan fingerprint density at radius 2 is 1.88 bits per heavy atom. The third kappa shape index (κ3) is 5.36. The second-order valence-corrected chi connectivity index (χ2v) is 3.74. The van der Waals surface area contributed by atoms with E-state index in [-0.39, 0.29) is 19.8 Å². The predicted molar refractivity (Wildman–Crippen MR) is 61.6 cm³/mol. The minimum absolute atomic E-state index is 0.0543. The molecule has 1 atom stereocenters. The van der Waals surface area contributed by atoms with Crippen molar-refractivity contribution in [3.05, 3.63) is 37.6 Å². The van der Waals surface area contributed by atoms with Crippen molar-refractivity contribution in [3.8, 4) is 0 Å². The number of aliphatic hydroxyl groups is 1. The van der Waals surface area contributed by atoms with E-state index < -0.39 is 11.4 Å². The molecular weight excluding hydrogens is 208 g/mol. The zero-order chi connectivity index (χ0) is 12.6. The molecule has 0 aliphatic carbocycles. The number of rotatable bonds is 8. The Morgan fingerprint density at radius 1 is 1.31 bits per heavy atom. The monoisotopic (exact) mass is 226 g/mol. The van der Waals surface area contributed by atoms with E-state index in [4.69, 9.17) is 9.47 Å². The maximum absolute atomic E-state index is 10.9. The van der Waals surface area contributed by atoms with Gasteiger partial charge in [-0.2, -0.15) is 0 Å². The van der Waals surface area contributed by atoms with Crippen LogP contribution < -0.4 is 0 Å². The molecule has 0 heterocycles. The summed E-state index contributed by atoms with van der Waals surface area (Å²) < 4.78 is 10.1. The van der Waals surface area contributed by atoms with Gasteiger partial charge in [0, 0.05) is 6.08 Å². The first-order valence-electron chi connectivity index (χ1n) is 4.81.